The van der Waals surface area contributed by atoms with E-state index in [1.165, 1.54) is 19.3 Å². The number of nitrogens with zero attached hydrogens (tertiary/aromatic N) is 3. The van der Waals surface area contributed by atoms with Gasteiger partial charge in [-0.15, -0.1) is 0 Å². The molecule has 1 amide bonds. The molecule has 0 bridgehead atoms. The summed E-state index contributed by atoms with van der Waals surface area (Å²) in [6, 6.07) is 3.62. The van der Waals surface area contributed by atoms with E-state index in [1.54, 1.807) is 18.5 Å². The molecule has 0 spiro atoms. The molecular weight excluding hydrogens is 314 g/mol. The first kappa shape index (κ1) is 19.2. The van der Waals surface area contributed by atoms with Crippen LogP contribution in [0.2, 0.25) is 0 Å². The molecule has 1 aromatic rings. The molecule has 1 atom stereocenters. The van der Waals surface area contributed by atoms with Crippen molar-refractivity contribution in [1.82, 2.24) is 15.2 Å². The smallest absolute Gasteiger partial charge is 0.246 e. The van der Waals surface area contributed by atoms with Crippen molar-refractivity contribution in [3.8, 4) is 0 Å². The van der Waals surface area contributed by atoms with Gasteiger partial charge in [-0.25, -0.2) is 4.99 Å². The van der Waals surface area contributed by atoms with Crippen LogP contribution in [0.4, 0.5) is 5.69 Å². The summed E-state index contributed by atoms with van der Waals surface area (Å²) in [6.07, 6.45) is 6.99. The molecule has 25 heavy (non-hydrogen) atoms. The van der Waals surface area contributed by atoms with E-state index in [4.69, 9.17) is 0 Å². The number of hydrogen-bond acceptors (Lipinski definition) is 3. The van der Waals surface area contributed by atoms with Gasteiger partial charge in [-0.05, 0) is 37.3 Å². The summed E-state index contributed by atoms with van der Waals surface area (Å²) in [6.45, 7) is 9.57. The monoisotopic (exact) mass is 345 g/mol. The number of anilines is 1. The second-order valence-electron chi connectivity index (χ2n) is 6.53. The van der Waals surface area contributed by atoms with E-state index in [2.05, 4.69) is 46.3 Å². The topological polar surface area (TPSA) is 69.6 Å². The largest absolute Gasteiger partial charge is 0.357 e. The highest BCUT2D eigenvalue weighted by Gasteiger charge is 2.29. The summed E-state index contributed by atoms with van der Waals surface area (Å²) < 4.78 is 0. The predicted octanol–water partition coefficient (Wildman–Crippen LogP) is 2.74. The highest BCUT2D eigenvalue weighted by molar-refractivity contribution is 5.93. The van der Waals surface area contributed by atoms with Crippen LogP contribution in [0.3, 0.4) is 0 Å². The Morgan fingerprint density at radius 1 is 1.40 bits per heavy atom. The zero-order valence-corrected chi connectivity index (χ0v) is 15.7. The van der Waals surface area contributed by atoms with E-state index in [0.29, 0.717) is 5.69 Å². The lowest BCUT2D eigenvalue weighted by molar-refractivity contribution is -0.114. The molecule has 1 aromatic heterocycles. The number of carbonyl (C=O) groups is 1. The summed E-state index contributed by atoms with van der Waals surface area (Å²) in [5.41, 5.74) is 0.697. The van der Waals surface area contributed by atoms with Crippen LogP contribution >= 0.6 is 0 Å². The van der Waals surface area contributed by atoms with Crippen LogP contribution in [0, 0.1) is 11.8 Å². The molecule has 1 aliphatic heterocycles. The number of pyridine rings is 1. The Morgan fingerprint density at radius 2 is 2.20 bits per heavy atom. The molecule has 0 aromatic carbocycles. The van der Waals surface area contributed by atoms with Crippen molar-refractivity contribution in [2.45, 2.75) is 40.0 Å². The fourth-order valence-corrected chi connectivity index (χ4v) is 3.53. The van der Waals surface area contributed by atoms with E-state index in [0.717, 1.165) is 37.4 Å². The third-order valence-corrected chi connectivity index (χ3v) is 4.89. The second-order valence-corrected chi connectivity index (χ2v) is 6.53. The van der Waals surface area contributed by atoms with Gasteiger partial charge in [0.25, 0.3) is 0 Å². The summed E-state index contributed by atoms with van der Waals surface area (Å²) in [5, 5.41) is 6.14. The second kappa shape index (κ2) is 10.0. The van der Waals surface area contributed by atoms with Gasteiger partial charge in [0.1, 0.15) is 6.54 Å². The Labute approximate surface area is 151 Å². The maximum absolute atomic E-state index is 12.1. The Balaban J connectivity index is 1.93. The van der Waals surface area contributed by atoms with E-state index in [1.807, 2.05) is 6.07 Å². The summed E-state index contributed by atoms with van der Waals surface area (Å²) in [7, 11) is 0. The predicted molar refractivity (Wildman–Crippen MR) is 103 cm³/mol. The number of carbonyl (C=O) groups excluding carboxylic acids is 1. The van der Waals surface area contributed by atoms with E-state index >= 15 is 0 Å². The Kier molecular flexibility index (Phi) is 7.70. The van der Waals surface area contributed by atoms with Gasteiger partial charge in [-0.3, -0.25) is 9.78 Å². The van der Waals surface area contributed by atoms with Crippen LogP contribution in [0.15, 0.2) is 29.5 Å². The van der Waals surface area contributed by atoms with Crippen molar-refractivity contribution in [2.75, 3.05) is 31.5 Å². The SMILES string of the molecule is CCNC(=NCC(=O)Nc1cccnc1)N1CCC(C(CC)CC)C1. The number of guanidine groups is 1. The number of aliphatic imine (C=N–C) groups is 1. The molecule has 1 saturated heterocycles. The first-order chi connectivity index (χ1) is 12.2. The molecule has 2 heterocycles. The van der Waals surface area contributed by atoms with Crippen LogP contribution in [-0.4, -0.2) is 47.9 Å². The number of amides is 1. The first-order valence-corrected chi connectivity index (χ1v) is 9.41. The minimum absolute atomic E-state index is 0.114. The molecular formula is C19H31N5O. The van der Waals surface area contributed by atoms with Crippen LogP contribution in [0.1, 0.15) is 40.0 Å². The average Bonchev–Trinajstić information content (AvgIpc) is 3.10. The molecule has 2 rings (SSSR count). The quantitative estimate of drug-likeness (QED) is 0.589. The first-order valence-electron chi connectivity index (χ1n) is 9.41. The lowest BCUT2D eigenvalue weighted by Gasteiger charge is -2.24. The van der Waals surface area contributed by atoms with Crippen molar-refractivity contribution in [1.29, 1.82) is 0 Å². The normalized spacial score (nSPS) is 17.8. The molecule has 6 nitrogen and oxygen atoms in total. The van der Waals surface area contributed by atoms with Gasteiger partial charge >= 0.3 is 0 Å². The minimum atomic E-state index is -0.126. The van der Waals surface area contributed by atoms with Gasteiger partial charge in [0.05, 0.1) is 11.9 Å². The average molecular weight is 345 g/mol. The molecule has 1 fully saturated rings. The van der Waals surface area contributed by atoms with Crippen LogP contribution < -0.4 is 10.6 Å². The van der Waals surface area contributed by atoms with Crippen molar-refractivity contribution in [3.05, 3.63) is 24.5 Å². The molecule has 0 aliphatic carbocycles. The molecule has 0 saturated carbocycles. The maximum Gasteiger partial charge on any atom is 0.246 e. The summed E-state index contributed by atoms with van der Waals surface area (Å²) >= 11 is 0. The molecule has 0 radical (unpaired) electrons. The number of aromatic nitrogens is 1. The van der Waals surface area contributed by atoms with Crippen LogP contribution in [-0.2, 0) is 4.79 Å². The van der Waals surface area contributed by atoms with Crippen LogP contribution in [0.5, 0.6) is 0 Å². The highest BCUT2D eigenvalue weighted by Crippen LogP contribution is 2.28. The Bertz CT molecular complexity index is 556. The summed E-state index contributed by atoms with van der Waals surface area (Å²) in [5.74, 6) is 2.22. The highest BCUT2D eigenvalue weighted by atomic mass is 16.1. The number of hydrogen-bond donors (Lipinski definition) is 2. The maximum atomic E-state index is 12.1. The van der Waals surface area contributed by atoms with Gasteiger partial charge in [-0.1, -0.05) is 26.7 Å². The van der Waals surface area contributed by atoms with Gasteiger partial charge < -0.3 is 15.5 Å². The zero-order valence-electron chi connectivity index (χ0n) is 15.7. The van der Waals surface area contributed by atoms with E-state index in [9.17, 15) is 4.79 Å². The van der Waals surface area contributed by atoms with Gasteiger partial charge in [0.15, 0.2) is 5.96 Å². The van der Waals surface area contributed by atoms with Crippen LogP contribution in [0.25, 0.3) is 0 Å². The minimum Gasteiger partial charge on any atom is -0.357 e. The molecule has 1 unspecified atom stereocenters. The molecule has 2 N–H and O–H groups in total. The lowest BCUT2D eigenvalue weighted by Crippen LogP contribution is -2.41. The van der Waals surface area contributed by atoms with Crippen molar-refractivity contribution < 1.29 is 4.79 Å². The zero-order chi connectivity index (χ0) is 18.1. The molecule has 6 heteroatoms. The summed E-state index contributed by atoms with van der Waals surface area (Å²) in [4.78, 5) is 22.9. The van der Waals surface area contributed by atoms with Crippen molar-refractivity contribution in [3.63, 3.8) is 0 Å². The lowest BCUT2D eigenvalue weighted by atomic mass is 9.87. The third-order valence-electron chi connectivity index (χ3n) is 4.89. The Morgan fingerprint density at radius 3 is 2.84 bits per heavy atom. The van der Waals surface area contributed by atoms with Crippen molar-refractivity contribution in [2.24, 2.45) is 16.8 Å². The van der Waals surface area contributed by atoms with Crippen molar-refractivity contribution >= 4 is 17.6 Å². The van der Waals surface area contributed by atoms with E-state index < -0.39 is 0 Å². The Hall–Kier alpha value is -2.11. The van der Waals surface area contributed by atoms with E-state index in [-0.39, 0.29) is 12.5 Å². The van der Waals surface area contributed by atoms with Gasteiger partial charge in [0, 0.05) is 25.8 Å². The third kappa shape index (κ3) is 5.73. The number of nitrogens with one attached hydrogen (secondary N) is 2. The van der Waals surface area contributed by atoms with Gasteiger partial charge in [-0.2, -0.15) is 0 Å². The molecule has 1 aliphatic rings. The standard InChI is InChI=1S/C19H31N5O/c1-4-15(5-2)16-9-11-24(14-16)19(21-6-3)22-13-18(25)23-17-8-7-10-20-12-17/h7-8,10,12,15-16H,4-6,9,11,13-14H2,1-3H3,(H,21,22)(H,23,25). The number of rotatable bonds is 7. The number of likely N-dealkylation sites (tertiary alicyclic amines) is 1. The van der Waals surface area contributed by atoms with Gasteiger partial charge in [0.2, 0.25) is 5.91 Å². The fraction of sp³-hybridized carbons (Fsp3) is 0.632. The fourth-order valence-electron chi connectivity index (χ4n) is 3.53. The molecule has 138 valence electrons.